The summed E-state index contributed by atoms with van der Waals surface area (Å²) in [6.07, 6.45) is 4.90. The molecule has 3 aliphatic rings. The van der Waals surface area contributed by atoms with Crippen LogP contribution in [0.3, 0.4) is 0 Å². The minimum atomic E-state index is -0.166. The van der Waals surface area contributed by atoms with Crippen molar-refractivity contribution in [3.63, 3.8) is 0 Å². The fourth-order valence-corrected chi connectivity index (χ4v) is 4.74. The van der Waals surface area contributed by atoms with Crippen LogP contribution < -0.4 is 0 Å². The molecular formula is C15H22O4. The third-order valence-electron chi connectivity index (χ3n) is 5.28. The molecule has 3 fully saturated rings. The third kappa shape index (κ3) is 2.15. The predicted octanol–water partition coefficient (Wildman–Crippen LogP) is 2.31. The molecule has 0 amide bonds. The van der Waals surface area contributed by atoms with E-state index in [4.69, 9.17) is 9.47 Å². The summed E-state index contributed by atoms with van der Waals surface area (Å²) in [6, 6.07) is 0. The van der Waals surface area contributed by atoms with Crippen LogP contribution in [0.2, 0.25) is 0 Å². The van der Waals surface area contributed by atoms with Gasteiger partial charge in [-0.3, -0.25) is 9.59 Å². The van der Waals surface area contributed by atoms with Crippen molar-refractivity contribution >= 4 is 11.9 Å². The van der Waals surface area contributed by atoms with E-state index in [-0.39, 0.29) is 24.1 Å². The van der Waals surface area contributed by atoms with Crippen LogP contribution in [-0.2, 0) is 19.1 Å². The van der Waals surface area contributed by atoms with Crippen molar-refractivity contribution in [1.82, 2.24) is 0 Å². The van der Waals surface area contributed by atoms with Crippen molar-refractivity contribution in [3.05, 3.63) is 0 Å². The Morgan fingerprint density at radius 1 is 1.05 bits per heavy atom. The van der Waals surface area contributed by atoms with Crippen molar-refractivity contribution in [2.75, 3.05) is 0 Å². The Labute approximate surface area is 113 Å². The van der Waals surface area contributed by atoms with E-state index in [0.717, 1.165) is 25.7 Å². The van der Waals surface area contributed by atoms with Crippen LogP contribution in [0.5, 0.6) is 0 Å². The molecule has 6 atom stereocenters. The van der Waals surface area contributed by atoms with Crippen LogP contribution in [0.4, 0.5) is 0 Å². The Bertz CT molecular complexity index is 392. The molecule has 0 aliphatic heterocycles. The van der Waals surface area contributed by atoms with Crippen molar-refractivity contribution in [3.8, 4) is 0 Å². The average molecular weight is 266 g/mol. The second kappa shape index (κ2) is 4.80. The summed E-state index contributed by atoms with van der Waals surface area (Å²) < 4.78 is 11.0. The molecule has 106 valence electrons. The Balaban J connectivity index is 1.66. The highest BCUT2D eigenvalue weighted by Gasteiger charge is 2.59. The van der Waals surface area contributed by atoms with Crippen LogP contribution in [0.15, 0.2) is 0 Å². The highest BCUT2D eigenvalue weighted by atomic mass is 16.5. The molecule has 0 heterocycles. The summed E-state index contributed by atoms with van der Waals surface area (Å²) in [5.41, 5.74) is 0. The molecule has 0 aromatic rings. The zero-order valence-corrected chi connectivity index (χ0v) is 11.6. The van der Waals surface area contributed by atoms with E-state index in [9.17, 15) is 9.59 Å². The van der Waals surface area contributed by atoms with Crippen molar-refractivity contribution in [2.45, 2.75) is 58.2 Å². The summed E-state index contributed by atoms with van der Waals surface area (Å²) in [6.45, 7) is 3.33. The summed E-state index contributed by atoms with van der Waals surface area (Å²) in [5.74, 6) is 1.96. The minimum Gasteiger partial charge on any atom is -0.462 e. The van der Waals surface area contributed by atoms with Crippen molar-refractivity contribution in [1.29, 1.82) is 0 Å². The normalized spacial score (nSPS) is 43.1. The maximum Gasteiger partial charge on any atom is 0.305 e. The van der Waals surface area contributed by atoms with Gasteiger partial charge in [0.05, 0.1) is 0 Å². The van der Waals surface area contributed by atoms with E-state index in [2.05, 4.69) is 0 Å². The zero-order valence-electron chi connectivity index (χ0n) is 11.6. The molecule has 3 rings (SSSR count). The smallest absolute Gasteiger partial charge is 0.305 e. The largest absolute Gasteiger partial charge is 0.462 e. The molecule has 6 unspecified atom stereocenters. The van der Waals surface area contributed by atoms with Crippen LogP contribution >= 0.6 is 0 Å². The van der Waals surface area contributed by atoms with Gasteiger partial charge >= 0.3 is 11.9 Å². The van der Waals surface area contributed by atoms with Gasteiger partial charge in [-0.25, -0.2) is 0 Å². The highest BCUT2D eigenvalue weighted by Crippen LogP contribution is 2.60. The number of ether oxygens (including phenoxy) is 2. The molecule has 0 aromatic carbocycles. The maximum atomic E-state index is 11.5. The molecule has 0 aromatic heterocycles. The number of hydrogen-bond donors (Lipinski definition) is 0. The lowest BCUT2D eigenvalue weighted by atomic mass is 9.79. The molecule has 4 nitrogen and oxygen atoms in total. The monoisotopic (exact) mass is 266 g/mol. The molecular weight excluding hydrogens is 244 g/mol. The second-order valence-electron chi connectivity index (χ2n) is 6.24. The number of hydrogen-bond acceptors (Lipinski definition) is 4. The van der Waals surface area contributed by atoms with Crippen molar-refractivity contribution in [2.24, 2.45) is 23.7 Å². The van der Waals surface area contributed by atoms with Crippen LogP contribution in [0.25, 0.3) is 0 Å². The van der Waals surface area contributed by atoms with Gasteiger partial charge in [-0.2, -0.15) is 0 Å². The van der Waals surface area contributed by atoms with Gasteiger partial charge in [0.1, 0.15) is 12.2 Å². The van der Waals surface area contributed by atoms with Gasteiger partial charge in [0.15, 0.2) is 0 Å². The Hall–Kier alpha value is -1.06. The number of carbonyl (C=O) groups is 2. The minimum absolute atomic E-state index is 0.0787. The quantitative estimate of drug-likeness (QED) is 0.736. The van der Waals surface area contributed by atoms with E-state index in [1.54, 1.807) is 0 Å². The molecule has 0 spiro atoms. The molecule has 2 bridgehead atoms. The highest BCUT2D eigenvalue weighted by molar-refractivity contribution is 5.69. The molecule has 4 heteroatoms. The summed E-state index contributed by atoms with van der Waals surface area (Å²) in [7, 11) is 0. The molecule has 0 saturated heterocycles. The Morgan fingerprint density at radius 3 is 2.53 bits per heavy atom. The van der Waals surface area contributed by atoms with Gasteiger partial charge in [0.2, 0.25) is 0 Å². The van der Waals surface area contributed by atoms with E-state index in [1.165, 1.54) is 6.92 Å². The fourth-order valence-electron chi connectivity index (χ4n) is 4.74. The lowest BCUT2D eigenvalue weighted by molar-refractivity contribution is -0.153. The molecule has 19 heavy (non-hydrogen) atoms. The number of esters is 2. The summed E-state index contributed by atoms with van der Waals surface area (Å²) in [4.78, 5) is 22.6. The van der Waals surface area contributed by atoms with Gasteiger partial charge in [-0.1, -0.05) is 6.92 Å². The number of carbonyl (C=O) groups excluding carboxylic acids is 2. The maximum absolute atomic E-state index is 11.5. The van der Waals surface area contributed by atoms with Crippen LogP contribution in [-0.4, -0.2) is 24.1 Å². The molecule has 0 N–H and O–H groups in total. The first-order chi connectivity index (χ1) is 9.10. The zero-order chi connectivity index (χ0) is 13.6. The molecule has 3 aliphatic carbocycles. The summed E-state index contributed by atoms with van der Waals surface area (Å²) in [5, 5.41) is 0. The van der Waals surface area contributed by atoms with Gasteiger partial charge < -0.3 is 9.47 Å². The lowest BCUT2D eigenvalue weighted by Crippen LogP contribution is -2.35. The van der Waals surface area contributed by atoms with E-state index >= 15 is 0 Å². The first kappa shape index (κ1) is 12.9. The van der Waals surface area contributed by atoms with Crippen LogP contribution in [0, 0.1) is 23.7 Å². The molecule has 0 radical (unpaired) electrons. The van der Waals surface area contributed by atoms with Gasteiger partial charge in [-0.05, 0) is 43.4 Å². The fraction of sp³-hybridized carbons (Fsp3) is 0.867. The van der Waals surface area contributed by atoms with Gasteiger partial charge in [-0.15, -0.1) is 0 Å². The molecule has 3 saturated carbocycles. The Kier molecular flexibility index (Phi) is 3.27. The van der Waals surface area contributed by atoms with Crippen LogP contribution in [0.1, 0.15) is 46.0 Å². The first-order valence-electron chi connectivity index (χ1n) is 7.46. The lowest BCUT2D eigenvalue weighted by Gasteiger charge is -2.33. The van der Waals surface area contributed by atoms with E-state index in [1.807, 2.05) is 6.92 Å². The van der Waals surface area contributed by atoms with Gasteiger partial charge in [0.25, 0.3) is 0 Å². The average Bonchev–Trinajstić information content (AvgIpc) is 3.00. The number of rotatable bonds is 3. The predicted molar refractivity (Wildman–Crippen MR) is 68.2 cm³/mol. The topological polar surface area (TPSA) is 52.6 Å². The van der Waals surface area contributed by atoms with Crippen molar-refractivity contribution < 1.29 is 19.1 Å². The SMILES string of the molecule is CCC(=O)OC1CCC2C3CC(CC3OC(C)=O)C12. The Morgan fingerprint density at radius 2 is 1.84 bits per heavy atom. The number of fused-ring (bicyclic) bond motifs is 5. The summed E-state index contributed by atoms with van der Waals surface area (Å²) >= 11 is 0. The van der Waals surface area contributed by atoms with E-state index < -0.39 is 0 Å². The third-order valence-corrected chi connectivity index (χ3v) is 5.28. The second-order valence-corrected chi connectivity index (χ2v) is 6.24. The standard InChI is InChI=1S/C15H22O4/c1-3-14(17)19-12-5-4-10-11-6-9(15(10)12)7-13(11)18-8(2)16/h9-13,15H,3-7H2,1-2H3. The van der Waals surface area contributed by atoms with E-state index in [0.29, 0.717) is 30.1 Å². The van der Waals surface area contributed by atoms with Gasteiger partial charge in [0, 0.05) is 19.3 Å². The first-order valence-corrected chi connectivity index (χ1v) is 7.46.